The fraction of sp³-hybridized carbons (Fsp3) is 0.333. The predicted octanol–water partition coefficient (Wildman–Crippen LogP) is 3.77. The molecule has 3 rings (SSSR count). The summed E-state index contributed by atoms with van der Waals surface area (Å²) in [5.41, 5.74) is 1.58. The van der Waals surface area contributed by atoms with Gasteiger partial charge in [-0.05, 0) is 49.2 Å². The zero-order valence-electron chi connectivity index (χ0n) is 23.8. The number of ether oxygens (including phenoxy) is 2. The lowest BCUT2D eigenvalue weighted by Crippen LogP contribution is -2.54. The monoisotopic (exact) mass is 585 g/mol. The second kappa shape index (κ2) is 14.0. The van der Waals surface area contributed by atoms with Gasteiger partial charge >= 0.3 is 0 Å². The van der Waals surface area contributed by atoms with Crippen LogP contribution in [0.1, 0.15) is 25.0 Å². The molecule has 0 unspecified atom stereocenters. The Kier molecular flexibility index (Phi) is 10.7. The molecule has 0 aliphatic carbocycles. The molecule has 0 aromatic heterocycles. The average molecular weight is 586 g/mol. The van der Waals surface area contributed by atoms with Gasteiger partial charge in [-0.1, -0.05) is 42.5 Å². The Hall–Kier alpha value is -4.12. The third kappa shape index (κ3) is 8.68. The van der Waals surface area contributed by atoms with Crippen LogP contribution in [0.5, 0.6) is 11.5 Å². The van der Waals surface area contributed by atoms with E-state index in [9.17, 15) is 22.4 Å². The maximum atomic E-state index is 14.1. The van der Waals surface area contributed by atoms with Gasteiger partial charge < -0.3 is 19.7 Å². The Morgan fingerprint density at radius 3 is 2.10 bits per heavy atom. The molecular formula is C30H36FN3O6S. The van der Waals surface area contributed by atoms with Gasteiger partial charge in [0.25, 0.3) is 0 Å². The van der Waals surface area contributed by atoms with Crippen molar-refractivity contribution in [2.45, 2.75) is 38.9 Å². The molecule has 1 N–H and O–H groups in total. The van der Waals surface area contributed by atoms with Crippen LogP contribution >= 0.6 is 0 Å². The van der Waals surface area contributed by atoms with E-state index in [1.165, 1.54) is 55.5 Å². The lowest BCUT2D eigenvalue weighted by atomic mass is 10.0. The topological polar surface area (TPSA) is 105 Å². The Bertz CT molecular complexity index is 1430. The Labute approximate surface area is 240 Å². The van der Waals surface area contributed by atoms with Crippen LogP contribution in [0.4, 0.5) is 10.1 Å². The second-order valence-electron chi connectivity index (χ2n) is 9.83. The molecule has 0 aliphatic heterocycles. The minimum Gasteiger partial charge on any atom is -0.493 e. The quantitative estimate of drug-likeness (QED) is 0.328. The molecule has 0 bridgehead atoms. The normalized spacial score (nSPS) is 12.0. The van der Waals surface area contributed by atoms with Crippen LogP contribution < -0.4 is 19.1 Å². The van der Waals surface area contributed by atoms with E-state index in [0.29, 0.717) is 11.3 Å². The Balaban J connectivity index is 2.07. The molecule has 11 heteroatoms. The molecule has 3 aromatic carbocycles. The van der Waals surface area contributed by atoms with Crippen molar-refractivity contribution in [3.63, 3.8) is 0 Å². The summed E-state index contributed by atoms with van der Waals surface area (Å²) in [6, 6.07) is 18.1. The first-order valence-corrected chi connectivity index (χ1v) is 14.9. The van der Waals surface area contributed by atoms with Gasteiger partial charge in [-0.25, -0.2) is 12.8 Å². The van der Waals surface area contributed by atoms with E-state index in [2.05, 4.69) is 5.32 Å². The van der Waals surface area contributed by atoms with Crippen LogP contribution in [-0.4, -0.2) is 64.2 Å². The second-order valence-corrected chi connectivity index (χ2v) is 11.7. The summed E-state index contributed by atoms with van der Waals surface area (Å²) in [6.45, 7) is 2.99. The molecule has 2 amide bonds. The summed E-state index contributed by atoms with van der Waals surface area (Å²) in [5, 5.41) is 2.88. The zero-order chi connectivity index (χ0) is 30.2. The lowest BCUT2D eigenvalue weighted by molar-refractivity contribution is -0.140. The van der Waals surface area contributed by atoms with Crippen molar-refractivity contribution in [1.29, 1.82) is 0 Å². The maximum absolute atomic E-state index is 14.1. The summed E-state index contributed by atoms with van der Waals surface area (Å²) in [6.07, 6.45) is 1.18. The first-order valence-electron chi connectivity index (χ1n) is 13.0. The number of amides is 2. The van der Waals surface area contributed by atoms with Gasteiger partial charge in [0.1, 0.15) is 18.4 Å². The largest absolute Gasteiger partial charge is 0.493 e. The third-order valence-electron chi connectivity index (χ3n) is 6.30. The van der Waals surface area contributed by atoms with Crippen LogP contribution in [0, 0.1) is 5.82 Å². The zero-order valence-corrected chi connectivity index (χ0v) is 24.7. The lowest BCUT2D eigenvalue weighted by Gasteiger charge is -2.34. The van der Waals surface area contributed by atoms with E-state index in [1.807, 2.05) is 44.2 Å². The van der Waals surface area contributed by atoms with Crippen molar-refractivity contribution in [1.82, 2.24) is 10.2 Å². The summed E-state index contributed by atoms with van der Waals surface area (Å²) < 4.78 is 51.1. The molecule has 41 heavy (non-hydrogen) atoms. The van der Waals surface area contributed by atoms with Gasteiger partial charge in [0.2, 0.25) is 21.8 Å². The highest BCUT2D eigenvalue weighted by Gasteiger charge is 2.33. The highest BCUT2D eigenvalue weighted by Crippen LogP contribution is 2.32. The van der Waals surface area contributed by atoms with Gasteiger partial charge in [0.05, 0.1) is 26.2 Å². The van der Waals surface area contributed by atoms with E-state index in [-0.39, 0.29) is 30.4 Å². The Morgan fingerprint density at radius 2 is 1.54 bits per heavy atom. The van der Waals surface area contributed by atoms with Crippen LogP contribution in [0.15, 0.2) is 72.8 Å². The molecular weight excluding hydrogens is 549 g/mol. The number of halogens is 1. The van der Waals surface area contributed by atoms with Crippen molar-refractivity contribution >= 4 is 27.5 Å². The first kappa shape index (κ1) is 31.4. The van der Waals surface area contributed by atoms with Crippen molar-refractivity contribution < 1.29 is 31.9 Å². The van der Waals surface area contributed by atoms with Crippen LogP contribution in [-0.2, 0) is 32.6 Å². The molecule has 0 aliphatic rings. The average Bonchev–Trinajstić information content (AvgIpc) is 2.93. The molecule has 0 radical (unpaired) electrons. The standard InChI is InChI=1S/C30H36FN3O6S/c1-21(2)32-30(36)26(17-22-9-7-6-8-10-22)33(19-23-11-13-24(31)14-12-23)29(35)20-34(41(5,37)38)25-15-16-27(39-3)28(18-25)40-4/h6-16,18,21,26H,17,19-20H2,1-5H3,(H,32,36)/t26-/m0/s1. The third-order valence-corrected chi connectivity index (χ3v) is 7.44. The molecule has 0 spiro atoms. The van der Waals surface area contributed by atoms with E-state index in [0.717, 1.165) is 16.1 Å². The number of rotatable bonds is 13. The van der Waals surface area contributed by atoms with Gasteiger partial charge in [-0.3, -0.25) is 13.9 Å². The van der Waals surface area contributed by atoms with Gasteiger partial charge in [-0.2, -0.15) is 0 Å². The van der Waals surface area contributed by atoms with Crippen molar-refractivity contribution in [2.75, 3.05) is 31.3 Å². The fourth-order valence-electron chi connectivity index (χ4n) is 4.31. The smallest absolute Gasteiger partial charge is 0.244 e. The summed E-state index contributed by atoms with van der Waals surface area (Å²) >= 11 is 0. The number of carbonyl (C=O) groups excluding carboxylic acids is 2. The number of hydrogen-bond donors (Lipinski definition) is 1. The number of nitrogens with zero attached hydrogens (tertiary/aromatic N) is 2. The molecule has 220 valence electrons. The number of anilines is 1. The van der Waals surface area contributed by atoms with E-state index in [4.69, 9.17) is 9.47 Å². The number of sulfonamides is 1. The number of nitrogens with one attached hydrogen (secondary N) is 1. The molecule has 1 atom stereocenters. The first-order chi connectivity index (χ1) is 19.4. The SMILES string of the molecule is COc1ccc(N(CC(=O)N(Cc2ccc(F)cc2)[C@@H](Cc2ccccc2)C(=O)NC(C)C)S(C)(=O)=O)cc1OC. The highest BCUT2D eigenvalue weighted by atomic mass is 32.2. The minimum absolute atomic E-state index is 0.0499. The van der Waals surface area contributed by atoms with Gasteiger partial charge in [0.15, 0.2) is 11.5 Å². The number of benzene rings is 3. The fourth-order valence-corrected chi connectivity index (χ4v) is 5.16. The molecule has 0 fully saturated rings. The van der Waals surface area contributed by atoms with Crippen molar-refractivity contribution in [3.05, 3.63) is 89.7 Å². The van der Waals surface area contributed by atoms with E-state index in [1.54, 1.807) is 6.07 Å². The summed E-state index contributed by atoms with van der Waals surface area (Å²) in [5.74, 6) is -0.776. The number of hydrogen-bond acceptors (Lipinski definition) is 6. The van der Waals surface area contributed by atoms with Crippen LogP contribution in [0.2, 0.25) is 0 Å². The summed E-state index contributed by atoms with van der Waals surface area (Å²) in [7, 11) is -1.08. The van der Waals surface area contributed by atoms with E-state index >= 15 is 0 Å². The van der Waals surface area contributed by atoms with Crippen molar-refractivity contribution in [3.8, 4) is 11.5 Å². The Morgan fingerprint density at radius 1 is 0.902 bits per heavy atom. The molecule has 0 saturated carbocycles. The maximum Gasteiger partial charge on any atom is 0.244 e. The molecule has 0 saturated heterocycles. The molecule has 9 nitrogen and oxygen atoms in total. The molecule has 3 aromatic rings. The van der Waals surface area contributed by atoms with E-state index < -0.39 is 40.2 Å². The van der Waals surface area contributed by atoms with Crippen molar-refractivity contribution in [2.24, 2.45) is 0 Å². The number of carbonyl (C=O) groups is 2. The predicted molar refractivity (Wildman–Crippen MR) is 156 cm³/mol. The molecule has 0 heterocycles. The van der Waals surface area contributed by atoms with Crippen LogP contribution in [0.3, 0.4) is 0 Å². The van der Waals surface area contributed by atoms with Crippen LogP contribution in [0.25, 0.3) is 0 Å². The number of methoxy groups -OCH3 is 2. The highest BCUT2D eigenvalue weighted by molar-refractivity contribution is 7.92. The summed E-state index contributed by atoms with van der Waals surface area (Å²) in [4.78, 5) is 28.9. The minimum atomic E-state index is -3.95. The van der Waals surface area contributed by atoms with Gasteiger partial charge in [-0.15, -0.1) is 0 Å². The van der Waals surface area contributed by atoms with Gasteiger partial charge in [0, 0.05) is 25.1 Å².